The fourth-order valence-electron chi connectivity index (χ4n) is 2.13. The second-order valence-corrected chi connectivity index (χ2v) is 7.08. The monoisotopic (exact) mass is 307 g/mol. The molecule has 0 bridgehead atoms. The smallest absolute Gasteiger partial charge is 0.244 e. The molecule has 1 aromatic carbocycles. The Morgan fingerprint density at radius 3 is 2.79 bits per heavy atom. The Morgan fingerprint density at radius 2 is 2.16 bits per heavy atom. The summed E-state index contributed by atoms with van der Waals surface area (Å²) in [5.41, 5.74) is 0. The summed E-state index contributed by atoms with van der Waals surface area (Å²) in [6, 6.07) is 3.27. The van der Waals surface area contributed by atoms with Crippen LogP contribution in [-0.2, 0) is 10.0 Å². The number of nitrogens with zero attached hydrogens (tertiary/aromatic N) is 1. The van der Waals surface area contributed by atoms with Crippen molar-refractivity contribution >= 4 is 21.6 Å². The van der Waals surface area contributed by atoms with E-state index in [1.54, 1.807) is 6.92 Å². The predicted octanol–water partition coefficient (Wildman–Crippen LogP) is 1.87. The van der Waals surface area contributed by atoms with Crippen LogP contribution < -0.4 is 0 Å². The normalized spacial score (nSPS) is 25.5. The highest BCUT2D eigenvalue weighted by Gasteiger charge is 2.33. The Morgan fingerprint density at radius 1 is 1.47 bits per heavy atom. The summed E-state index contributed by atoms with van der Waals surface area (Å²) in [4.78, 5) is -0.224. The van der Waals surface area contributed by atoms with Crippen molar-refractivity contribution in [3.8, 4) is 0 Å². The van der Waals surface area contributed by atoms with E-state index in [1.807, 2.05) is 0 Å². The van der Waals surface area contributed by atoms with Gasteiger partial charge in [0.15, 0.2) is 0 Å². The minimum atomic E-state index is -3.82. The van der Waals surface area contributed by atoms with Crippen molar-refractivity contribution < 1.29 is 17.9 Å². The lowest BCUT2D eigenvalue weighted by Gasteiger charge is -2.33. The van der Waals surface area contributed by atoms with Gasteiger partial charge in [-0.1, -0.05) is 18.5 Å². The number of rotatable bonds is 2. The van der Waals surface area contributed by atoms with Crippen LogP contribution >= 0.6 is 11.6 Å². The molecule has 106 valence electrons. The Bertz CT molecular complexity index is 578. The summed E-state index contributed by atoms with van der Waals surface area (Å²) >= 11 is 5.84. The lowest BCUT2D eigenvalue weighted by Crippen LogP contribution is -2.44. The number of piperidine rings is 1. The van der Waals surface area contributed by atoms with Gasteiger partial charge in [-0.25, -0.2) is 12.8 Å². The van der Waals surface area contributed by atoms with Gasteiger partial charge in [-0.3, -0.25) is 0 Å². The molecular weight excluding hydrogens is 293 g/mol. The highest BCUT2D eigenvalue weighted by atomic mass is 35.5. The fourth-order valence-corrected chi connectivity index (χ4v) is 4.17. The van der Waals surface area contributed by atoms with E-state index in [2.05, 4.69) is 0 Å². The molecule has 0 aliphatic carbocycles. The number of aliphatic hydroxyl groups excluding tert-OH is 1. The number of halogens is 2. The van der Waals surface area contributed by atoms with E-state index in [-0.39, 0.29) is 28.9 Å². The Labute approximate surface area is 116 Å². The summed E-state index contributed by atoms with van der Waals surface area (Å²) in [6.07, 6.45) is -0.137. The maximum Gasteiger partial charge on any atom is 0.244 e. The van der Waals surface area contributed by atoms with Crippen LogP contribution in [0.15, 0.2) is 23.1 Å². The van der Waals surface area contributed by atoms with Gasteiger partial charge in [-0.2, -0.15) is 4.31 Å². The van der Waals surface area contributed by atoms with E-state index in [4.69, 9.17) is 11.6 Å². The second-order valence-electron chi connectivity index (χ2n) is 4.77. The SMILES string of the molecule is CC1CN(S(=O)(=O)c2cc(F)ccc2Cl)CCC1O. The van der Waals surface area contributed by atoms with E-state index in [9.17, 15) is 17.9 Å². The summed E-state index contributed by atoms with van der Waals surface area (Å²) in [7, 11) is -3.82. The quantitative estimate of drug-likeness (QED) is 0.907. The van der Waals surface area contributed by atoms with Crippen LogP contribution in [0.4, 0.5) is 4.39 Å². The molecule has 2 unspecified atom stereocenters. The number of sulfonamides is 1. The van der Waals surface area contributed by atoms with E-state index < -0.39 is 21.9 Å². The molecule has 1 saturated heterocycles. The van der Waals surface area contributed by atoms with Gasteiger partial charge in [0.1, 0.15) is 10.7 Å². The third-order valence-electron chi connectivity index (χ3n) is 3.33. The average molecular weight is 308 g/mol. The summed E-state index contributed by atoms with van der Waals surface area (Å²) in [5.74, 6) is -0.802. The molecule has 1 N–H and O–H groups in total. The maximum atomic E-state index is 13.2. The molecule has 0 amide bonds. The van der Waals surface area contributed by atoms with Gasteiger partial charge in [-0.05, 0) is 30.5 Å². The van der Waals surface area contributed by atoms with Crippen molar-refractivity contribution in [1.82, 2.24) is 4.31 Å². The van der Waals surface area contributed by atoms with Crippen molar-refractivity contribution in [2.24, 2.45) is 5.92 Å². The molecule has 19 heavy (non-hydrogen) atoms. The number of aliphatic hydroxyl groups is 1. The molecule has 2 atom stereocenters. The molecule has 0 radical (unpaired) electrons. The van der Waals surface area contributed by atoms with Crippen molar-refractivity contribution in [3.63, 3.8) is 0 Å². The third-order valence-corrected chi connectivity index (χ3v) is 5.68. The van der Waals surface area contributed by atoms with Crippen molar-refractivity contribution in [2.75, 3.05) is 13.1 Å². The van der Waals surface area contributed by atoms with E-state index in [1.165, 1.54) is 10.4 Å². The first kappa shape index (κ1) is 14.7. The van der Waals surface area contributed by atoms with Crippen LogP contribution in [0.5, 0.6) is 0 Å². The van der Waals surface area contributed by atoms with Gasteiger partial charge >= 0.3 is 0 Å². The van der Waals surface area contributed by atoms with Gasteiger partial charge in [0.2, 0.25) is 10.0 Å². The molecular formula is C12H15ClFNO3S. The molecule has 0 saturated carbocycles. The van der Waals surface area contributed by atoms with Crippen LogP contribution in [0.3, 0.4) is 0 Å². The van der Waals surface area contributed by atoms with Crippen LogP contribution in [0, 0.1) is 11.7 Å². The number of hydrogen-bond acceptors (Lipinski definition) is 3. The molecule has 0 aromatic heterocycles. The van der Waals surface area contributed by atoms with Crippen LogP contribution in [0.1, 0.15) is 13.3 Å². The number of hydrogen-bond donors (Lipinski definition) is 1. The summed E-state index contributed by atoms with van der Waals surface area (Å²) in [6.45, 7) is 2.19. The zero-order chi connectivity index (χ0) is 14.2. The van der Waals surface area contributed by atoms with Crippen molar-refractivity contribution in [3.05, 3.63) is 29.0 Å². The number of benzene rings is 1. The minimum absolute atomic E-state index is 0.000162. The molecule has 1 aromatic rings. The zero-order valence-electron chi connectivity index (χ0n) is 10.4. The molecule has 7 heteroatoms. The largest absolute Gasteiger partial charge is 0.393 e. The topological polar surface area (TPSA) is 57.6 Å². The fraction of sp³-hybridized carbons (Fsp3) is 0.500. The standard InChI is InChI=1S/C12H15ClFNO3S/c1-8-7-15(5-4-11(8)16)19(17,18)12-6-9(14)2-3-10(12)13/h2-3,6,8,11,16H,4-5,7H2,1H3. The molecule has 4 nitrogen and oxygen atoms in total. The average Bonchev–Trinajstić information content (AvgIpc) is 2.35. The van der Waals surface area contributed by atoms with Crippen LogP contribution in [0.25, 0.3) is 0 Å². The second kappa shape index (κ2) is 5.36. The Hall–Kier alpha value is -0.690. The molecule has 2 rings (SSSR count). The van der Waals surface area contributed by atoms with Crippen molar-refractivity contribution in [2.45, 2.75) is 24.3 Å². The van der Waals surface area contributed by atoms with E-state index in [0.29, 0.717) is 6.42 Å². The first-order valence-corrected chi connectivity index (χ1v) is 7.77. The first-order valence-electron chi connectivity index (χ1n) is 5.95. The van der Waals surface area contributed by atoms with Gasteiger partial charge in [0.25, 0.3) is 0 Å². The Balaban J connectivity index is 2.35. The Kier molecular flexibility index (Phi) is 4.15. The lowest BCUT2D eigenvalue weighted by atomic mass is 9.99. The zero-order valence-corrected chi connectivity index (χ0v) is 12.0. The highest BCUT2D eigenvalue weighted by Crippen LogP contribution is 2.28. The third kappa shape index (κ3) is 2.91. The van der Waals surface area contributed by atoms with E-state index >= 15 is 0 Å². The summed E-state index contributed by atoms with van der Waals surface area (Å²) in [5, 5.41) is 9.62. The van der Waals surface area contributed by atoms with Crippen LogP contribution in [0.2, 0.25) is 5.02 Å². The van der Waals surface area contributed by atoms with Gasteiger partial charge in [-0.15, -0.1) is 0 Å². The van der Waals surface area contributed by atoms with Gasteiger partial charge in [0, 0.05) is 13.1 Å². The van der Waals surface area contributed by atoms with Gasteiger partial charge < -0.3 is 5.11 Å². The predicted molar refractivity (Wildman–Crippen MR) is 70.0 cm³/mol. The lowest BCUT2D eigenvalue weighted by molar-refractivity contribution is 0.0628. The first-order chi connectivity index (χ1) is 8.82. The molecule has 1 heterocycles. The van der Waals surface area contributed by atoms with Crippen molar-refractivity contribution in [1.29, 1.82) is 0 Å². The molecule has 0 spiro atoms. The van der Waals surface area contributed by atoms with Gasteiger partial charge in [0.05, 0.1) is 11.1 Å². The highest BCUT2D eigenvalue weighted by molar-refractivity contribution is 7.89. The van der Waals surface area contributed by atoms with Crippen LogP contribution in [-0.4, -0.2) is 37.0 Å². The molecule has 1 fully saturated rings. The minimum Gasteiger partial charge on any atom is -0.393 e. The maximum absolute atomic E-state index is 13.2. The summed E-state index contributed by atoms with van der Waals surface area (Å²) < 4.78 is 39.3. The van der Waals surface area contributed by atoms with E-state index in [0.717, 1.165) is 12.1 Å². The molecule has 1 aliphatic rings. The molecule has 1 aliphatic heterocycles.